The lowest BCUT2D eigenvalue weighted by molar-refractivity contribution is -0.130. The van der Waals surface area contributed by atoms with Gasteiger partial charge in [0.25, 0.3) is 0 Å². The first-order valence-corrected chi connectivity index (χ1v) is 3.10. The Morgan fingerprint density at radius 2 is 2.50 bits per heavy atom. The minimum absolute atomic E-state index is 0.258. The van der Waals surface area contributed by atoms with Crippen molar-refractivity contribution in [1.82, 2.24) is 0 Å². The molecule has 0 N–H and O–H groups in total. The van der Waals surface area contributed by atoms with E-state index in [1.807, 2.05) is 0 Å². The van der Waals surface area contributed by atoms with Crippen LogP contribution in [0.2, 0.25) is 0 Å². The van der Waals surface area contributed by atoms with Crippen molar-refractivity contribution < 1.29 is 8.98 Å². The van der Waals surface area contributed by atoms with Crippen LogP contribution in [0.15, 0.2) is 0 Å². The first kappa shape index (κ1) is 6.04. The third kappa shape index (κ3) is 4.04. The minimum atomic E-state index is -0.327. The summed E-state index contributed by atoms with van der Waals surface area (Å²) < 4.78 is 4.19. The van der Waals surface area contributed by atoms with E-state index in [0.717, 1.165) is 0 Å². The monoisotopic (exact) mass is 124 g/mol. The van der Waals surface area contributed by atoms with Gasteiger partial charge in [-0.15, -0.1) is 0 Å². The predicted molar refractivity (Wildman–Crippen MR) is 27.9 cm³/mol. The average molecular weight is 124 g/mol. The SMILES string of the molecule is CC(=O)O[SH]=S. The molecule has 0 rings (SSSR count). The molecule has 0 radical (unpaired) electrons. The summed E-state index contributed by atoms with van der Waals surface area (Å²) in [6.45, 7) is 1.32. The maximum Gasteiger partial charge on any atom is 0.314 e. The zero-order valence-corrected chi connectivity index (χ0v) is 4.88. The summed E-state index contributed by atoms with van der Waals surface area (Å²) in [5.41, 5.74) is 0. The van der Waals surface area contributed by atoms with Gasteiger partial charge in [-0.2, -0.15) is 0 Å². The van der Waals surface area contributed by atoms with Crippen LogP contribution in [0.5, 0.6) is 0 Å². The van der Waals surface area contributed by atoms with Crippen LogP contribution < -0.4 is 0 Å². The molecule has 0 aliphatic rings. The Kier molecular flexibility index (Phi) is 3.26. The molecule has 0 bridgehead atoms. The molecule has 0 atom stereocenters. The molecule has 0 aliphatic heterocycles. The zero-order valence-electron chi connectivity index (χ0n) is 3.17. The second-order valence-corrected chi connectivity index (χ2v) is 1.44. The van der Waals surface area contributed by atoms with Gasteiger partial charge in [0.05, 0.1) is 10.6 Å². The van der Waals surface area contributed by atoms with Gasteiger partial charge in [-0.05, 0) is 11.2 Å². The second-order valence-electron chi connectivity index (χ2n) is 0.657. The average Bonchev–Trinajstić information content (AvgIpc) is 1.35. The third-order valence-electron chi connectivity index (χ3n) is 0.166. The Labute approximate surface area is 44.3 Å². The molecule has 0 aromatic rings. The van der Waals surface area contributed by atoms with Gasteiger partial charge >= 0.3 is 5.97 Å². The Morgan fingerprint density at radius 3 is 2.50 bits per heavy atom. The van der Waals surface area contributed by atoms with Crippen molar-refractivity contribution in [2.45, 2.75) is 6.92 Å². The molecule has 0 spiro atoms. The molecule has 0 aliphatic carbocycles. The van der Waals surface area contributed by atoms with E-state index < -0.39 is 0 Å². The fourth-order valence-corrected chi connectivity index (χ4v) is 0.472. The molecule has 2 nitrogen and oxygen atoms in total. The molecule has 0 aromatic carbocycles. The Hall–Kier alpha value is 0.0400. The van der Waals surface area contributed by atoms with Crippen LogP contribution >= 0.6 is 0 Å². The molecule has 6 heavy (non-hydrogen) atoms. The largest absolute Gasteiger partial charge is 0.392 e. The number of rotatable bonds is 1. The van der Waals surface area contributed by atoms with Crippen molar-refractivity contribution in [3.8, 4) is 0 Å². The van der Waals surface area contributed by atoms with Gasteiger partial charge in [0.2, 0.25) is 0 Å². The maximum atomic E-state index is 9.75. The number of carbonyl (C=O) groups excluding carboxylic acids is 1. The van der Waals surface area contributed by atoms with E-state index in [1.54, 1.807) is 0 Å². The highest BCUT2D eigenvalue weighted by molar-refractivity contribution is 8.15. The third-order valence-corrected chi connectivity index (χ3v) is 0.721. The number of hydrogen-bond donors (Lipinski definition) is 1. The molecule has 0 saturated heterocycles. The van der Waals surface area contributed by atoms with Gasteiger partial charge in [0.1, 0.15) is 0 Å². The van der Waals surface area contributed by atoms with Crippen LogP contribution in [0.3, 0.4) is 0 Å². The van der Waals surface area contributed by atoms with Crippen molar-refractivity contribution in [1.29, 1.82) is 0 Å². The predicted octanol–water partition coefficient (Wildman–Crippen LogP) is -0.259. The van der Waals surface area contributed by atoms with Crippen LogP contribution in [0.4, 0.5) is 0 Å². The standard InChI is InChI=1S/C2H4O2S2/c1-2(3)4-6-5/h6H,1H3. The van der Waals surface area contributed by atoms with Crippen molar-refractivity contribution >= 4 is 27.8 Å². The number of carbonyl (C=O) groups is 1. The zero-order chi connectivity index (χ0) is 4.99. The van der Waals surface area contributed by atoms with E-state index in [9.17, 15) is 4.79 Å². The summed E-state index contributed by atoms with van der Waals surface area (Å²) in [5, 5.41) is 0. The lowest BCUT2D eigenvalue weighted by Crippen LogP contribution is -1.89. The topological polar surface area (TPSA) is 26.3 Å². The lowest BCUT2D eigenvalue weighted by atomic mass is 10.9. The molecule has 0 fully saturated rings. The van der Waals surface area contributed by atoms with Crippen molar-refractivity contribution in [3.05, 3.63) is 0 Å². The molecule has 0 unspecified atom stereocenters. The molecule has 0 amide bonds. The summed E-state index contributed by atoms with van der Waals surface area (Å²) in [4.78, 5) is 9.75. The van der Waals surface area contributed by atoms with Crippen molar-refractivity contribution in [3.63, 3.8) is 0 Å². The molecule has 36 valence electrons. The molecule has 0 heterocycles. The Morgan fingerprint density at radius 1 is 2.00 bits per heavy atom. The Bertz CT molecular complexity index is 69.9. The van der Waals surface area contributed by atoms with Crippen LogP contribution in [-0.2, 0) is 30.8 Å². The molecule has 0 aromatic heterocycles. The molecule has 0 saturated carbocycles. The van der Waals surface area contributed by atoms with Gasteiger partial charge in [-0.3, -0.25) is 4.79 Å². The van der Waals surface area contributed by atoms with E-state index in [1.165, 1.54) is 6.92 Å². The highest BCUT2D eigenvalue weighted by Crippen LogP contribution is 1.66. The smallest absolute Gasteiger partial charge is 0.314 e. The summed E-state index contributed by atoms with van der Waals surface area (Å²) in [5.74, 6) is -0.327. The fraction of sp³-hybridized carbons (Fsp3) is 0.500. The normalized spacial score (nSPS) is 7.50. The van der Waals surface area contributed by atoms with E-state index in [2.05, 4.69) is 15.4 Å². The summed E-state index contributed by atoms with van der Waals surface area (Å²) >= 11 is 4.26. The quantitative estimate of drug-likeness (QED) is 0.488. The van der Waals surface area contributed by atoms with Gasteiger partial charge in [0.15, 0.2) is 0 Å². The van der Waals surface area contributed by atoms with Crippen LogP contribution in [0.1, 0.15) is 6.92 Å². The molecular weight excluding hydrogens is 120 g/mol. The lowest BCUT2D eigenvalue weighted by Gasteiger charge is -1.81. The summed E-state index contributed by atoms with van der Waals surface area (Å²) in [7, 11) is 0.258. The van der Waals surface area contributed by atoms with Crippen LogP contribution in [-0.4, -0.2) is 5.97 Å². The van der Waals surface area contributed by atoms with Crippen LogP contribution in [0, 0.1) is 0 Å². The second kappa shape index (κ2) is 3.24. The number of thiol groups is 1. The molecule has 4 heteroatoms. The van der Waals surface area contributed by atoms with Crippen molar-refractivity contribution in [2.75, 3.05) is 0 Å². The highest BCUT2D eigenvalue weighted by atomic mass is 32.8. The summed E-state index contributed by atoms with van der Waals surface area (Å²) in [6.07, 6.45) is 0. The van der Waals surface area contributed by atoms with Gasteiger partial charge in [-0.25, -0.2) is 0 Å². The van der Waals surface area contributed by atoms with Gasteiger partial charge in [-0.1, -0.05) is 0 Å². The highest BCUT2D eigenvalue weighted by Gasteiger charge is 1.79. The van der Waals surface area contributed by atoms with E-state index in [-0.39, 0.29) is 16.6 Å². The fourth-order valence-electron chi connectivity index (χ4n) is 0.0525. The maximum absolute atomic E-state index is 9.75. The van der Waals surface area contributed by atoms with E-state index >= 15 is 0 Å². The first-order valence-electron chi connectivity index (χ1n) is 1.27. The number of hydrogen-bond acceptors (Lipinski definition) is 3. The Balaban J connectivity index is 3.05. The van der Waals surface area contributed by atoms with Crippen molar-refractivity contribution in [2.24, 2.45) is 0 Å². The minimum Gasteiger partial charge on any atom is -0.392 e. The van der Waals surface area contributed by atoms with E-state index in [4.69, 9.17) is 0 Å². The first-order chi connectivity index (χ1) is 2.77. The summed E-state index contributed by atoms with van der Waals surface area (Å²) in [6, 6.07) is 0. The molecular formula is C2H4O2S2. The van der Waals surface area contributed by atoms with Crippen LogP contribution in [0.25, 0.3) is 0 Å². The van der Waals surface area contributed by atoms with Gasteiger partial charge in [0, 0.05) is 6.92 Å². The van der Waals surface area contributed by atoms with E-state index in [0.29, 0.717) is 0 Å². The van der Waals surface area contributed by atoms with Gasteiger partial charge < -0.3 is 4.18 Å².